The number of rotatable bonds is 7. The molecule has 0 aromatic rings. The highest BCUT2D eigenvalue weighted by molar-refractivity contribution is 4.63. The summed E-state index contributed by atoms with van der Waals surface area (Å²) in [5, 5.41) is 0. The van der Waals surface area contributed by atoms with Gasteiger partial charge in [-0.15, -0.1) is 0 Å². The Morgan fingerprint density at radius 3 is 2.27 bits per heavy atom. The van der Waals surface area contributed by atoms with Crippen LogP contribution in [0.3, 0.4) is 0 Å². The van der Waals surface area contributed by atoms with Crippen LogP contribution < -0.4 is 5.73 Å². The Hall–Kier alpha value is -0.290. The van der Waals surface area contributed by atoms with Crippen molar-refractivity contribution in [1.29, 1.82) is 0 Å². The maximum Gasteiger partial charge on any atom is 0.411 e. The highest BCUT2D eigenvalue weighted by Crippen LogP contribution is 2.17. The standard InChI is InChI=1S/C10H20F3NO/c1-8(2)9(6-14)4-3-5-15-7-10(11,12)13/h8-9H,3-7,14H2,1-2H3. The van der Waals surface area contributed by atoms with Crippen LogP contribution in [-0.2, 0) is 4.74 Å². The molecule has 0 heterocycles. The molecule has 0 saturated carbocycles. The van der Waals surface area contributed by atoms with Crippen molar-refractivity contribution in [2.24, 2.45) is 17.6 Å². The Balaban J connectivity index is 3.45. The van der Waals surface area contributed by atoms with E-state index in [9.17, 15) is 13.2 Å². The second kappa shape index (κ2) is 7.06. The van der Waals surface area contributed by atoms with Crippen LogP contribution in [-0.4, -0.2) is 25.9 Å². The van der Waals surface area contributed by atoms with E-state index in [4.69, 9.17) is 5.73 Å². The number of hydrogen-bond acceptors (Lipinski definition) is 2. The summed E-state index contributed by atoms with van der Waals surface area (Å²) in [5.74, 6) is 0.845. The summed E-state index contributed by atoms with van der Waals surface area (Å²) >= 11 is 0. The van der Waals surface area contributed by atoms with Crippen molar-refractivity contribution in [3.8, 4) is 0 Å². The Kier molecular flexibility index (Phi) is 6.92. The van der Waals surface area contributed by atoms with E-state index in [-0.39, 0.29) is 6.61 Å². The third-order valence-electron chi connectivity index (χ3n) is 2.37. The fraction of sp³-hybridized carbons (Fsp3) is 1.00. The molecule has 0 spiro atoms. The molecule has 0 aliphatic carbocycles. The summed E-state index contributed by atoms with van der Waals surface area (Å²) in [7, 11) is 0. The van der Waals surface area contributed by atoms with E-state index in [1.807, 2.05) is 0 Å². The molecular weight excluding hydrogens is 207 g/mol. The smallest absolute Gasteiger partial charge is 0.372 e. The summed E-state index contributed by atoms with van der Waals surface area (Å²) in [6.45, 7) is 3.71. The van der Waals surface area contributed by atoms with Crippen LogP contribution in [0.5, 0.6) is 0 Å². The summed E-state index contributed by atoms with van der Waals surface area (Å²) in [6.07, 6.45) is -2.76. The summed E-state index contributed by atoms with van der Waals surface area (Å²) in [6, 6.07) is 0. The monoisotopic (exact) mass is 227 g/mol. The van der Waals surface area contributed by atoms with E-state index in [0.717, 1.165) is 6.42 Å². The number of nitrogens with two attached hydrogens (primary N) is 1. The molecule has 0 fully saturated rings. The van der Waals surface area contributed by atoms with E-state index in [2.05, 4.69) is 18.6 Å². The van der Waals surface area contributed by atoms with Crippen molar-refractivity contribution in [2.75, 3.05) is 19.8 Å². The van der Waals surface area contributed by atoms with Crippen molar-refractivity contribution in [2.45, 2.75) is 32.9 Å². The second-order valence-electron chi connectivity index (χ2n) is 4.05. The van der Waals surface area contributed by atoms with Crippen molar-refractivity contribution in [3.05, 3.63) is 0 Å². The maximum absolute atomic E-state index is 11.7. The lowest BCUT2D eigenvalue weighted by Gasteiger charge is -2.18. The molecule has 92 valence electrons. The van der Waals surface area contributed by atoms with Crippen molar-refractivity contribution >= 4 is 0 Å². The number of halogens is 3. The highest BCUT2D eigenvalue weighted by Gasteiger charge is 2.27. The fourth-order valence-corrected chi connectivity index (χ4v) is 1.36. The molecule has 2 nitrogen and oxygen atoms in total. The van der Waals surface area contributed by atoms with Gasteiger partial charge in [0.25, 0.3) is 0 Å². The minimum atomic E-state index is -4.22. The van der Waals surface area contributed by atoms with Gasteiger partial charge in [-0.2, -0.15) is 13.2 Å². The number of hydrogen-bond donors (Lipinski definition) is 1. The highest BCUT2D eigenvalue weighted by atomic mass is 19.4. The SMILES string of the molecule is CC(C)C(CN)CCCOCC(F)(F)F. The predicted octanol–water partition coefficient (Wildman–Crippen LogP) is 2.58. The molecule has 0 aromatic carbocycles. The Morgan fingerprint density at radius 1 is 1.27 bits per heavy atom. The van der Waals surface area contributed by atoms with Gasteiger partial charge in [0.1, 0.15) is 6.61 Å². The fourth-order valence-electron chi connectivity index (χ4n) is 1.36. The first kappa shape index (κ1) is 14.7. The maximum atomic E-state index is 11.7. The third kappa shape index (κ3) is 8.69. The van der Waals surface area contributed by atoms with E-state index in [0.29, 0.717) is 24.8 Å². The van der Waals surface area contributed by atoms with Gasteiger partial charge in [0.15, 0.2) is 0 Å². The Bertz CT molecular complexity index is 159. The van der Waals surface area contributed by atoms with Crippen LogP contribution >= 0.6 is 0 Å². The van der Waals surface area contributed by atoms with Crippen LogP contribution in [0.4, 0.5) is 13.2 Å². The van der Waals surface area contributed by atoms with Crippen LogP contribution in [0.15, 0.2) is 0 Å². The average molecular weight is 227 g/mol. The van der Waals surface area contributed by atoms with Crippen LogP contribution in [0.1, 0.15) is 26.7 Å². The zero-order chi connectivity index (χ0) is 11.9. The van der Waals surface area contributed by atoms with Gasteiger partial charge < -0.3 is 10.5 Å². The van der Waals surface area contributed by atoms with Crippen LogP contribution in [0, 0.1) is 11.8 Å². The molecule has 1 atom stereocenters. The van der Waals surface area contributed by atoms with Gasteiger partial charge in [0, 0.05) is 6.61 Å². The van der Waals surface area contributed by atoms with Crippen LogP contribution in [0.25, 0.3) is 0 Å². The second-order valence-corrected chi connectivity index (χ2v) is 4.05. The summed E-state index contributed by atoms with van der Waals surface area (Å²) < 4.78 is 39.6. The number of alkyl halides is 3. The molecule has 0 aliphatic rings. The predicted molar refractivity (Wildman–Crippen MR) is 53.5 cm³/mol. The molecule has 0 saturated heterocycles. The van der Waals surface area contributed by atoms with Crippen molar-refractivity contribution in [3.63, 3.8) is 0 Å². The van der Waals surface area contributed by atoms with Crippen molar-refractivity contribution < 1.29 is 17.9 Å². The van der Waals surface area contributed by atoms with Gasteiger partial charge in [-0.25, -0.2) is 0 Å². The molecule has 2 N–H and O–H groups in total. The largest absolute Gasteiger partial charge is 0.411 e. The molecule has 0 amide bonds. The zero-order valence-electron chi connectivity index (χ0n) is 9.31. The van der Waals surface area contributed by atoms with Crippen LogP contribution in [0.2, 0.25) is 0 Å². The topological polar surface area (TPSA) is 35.2 Å². The molecule has 0 bridgehead atoms. The van der Waals surface area contributed by atoms with E-state index in [1.165, 1.54) is 0 Å². The number of ether oxygens (including phenoxy) is 1. The van der Waals surface area contributed by atoms with Gasteiger partial charge in [0.2, 0.25) is 0 Å². The summed E-state index contributed by atoms with van der Waals surface area (Å²) in [5.41, 5.74) is 5.54. The first-order chi connectivity index (χ1) is 6.87. The average Bonchev–Trinajstić information content (AvgIpc) is 2.08. The van der Waals surface area contributed by atoms with Crippen molar-refractivity contribution in [1.82, 2.24) is 0 Å². The third-order valence-corrected chi connectivity index (χ3v) is 2.37. The van der Waals surface area contributed by atoms with E-state index in [1.54, 1.807) is 0 Å². The molecule has 0 aromatic heterocycles. The van der Waals surface area contributed by atoms with E-state index >= 15 is 0 Å². The lowest BCUT2D eigenvalue weighted by Crippen LogP contribution is -2.21. The quantitative estimate of drug-likeness (QED) is 0.678. The zero-order valence-corrected chi connectivity index (χ0v) is 9.31. The summed E-state index contributed by atoms with van der Waals surface area (Å²) in [4.78, 5) is 0. The van der Waals surface area contributed by atoms with Gasteiger partial charge in [-0.05, 0) is 31.2 Å². The normalized spacial score (nSPS) is 14.6. The van der Waals surface area contributed by atoms with E-state index < -0.39 is 12.8 Å². The minimum absolute atomic E-state index is 0.155. The van der Waals surface area contributed by atoms with Gasteiger partial charge in [-0.3, -0.25) is 0 Å². The van der Waals surface area contributed by atoms with Gasteiger partial charge >= 0.3 is 6.18 Å². The first-order valence-electron chi connectivity index (χ1n) is 5.21. The lowest BCUT2D eigenvalue weighted by atomic mass is 9.91. The lowest BCUT2D eigenvalue weighted by molar-refractivity contribution is -0.174. The molecular formula is C10H20F3NO. The van der Waals surface area contributed by atoms with Gasteiger partial charge in [0.05, 0.1) is 0 Å². The first-order valence-corrected chi connectivity index (χ1v) is 5.21. The minimum Gasteiger partial charge on any atom is -0.372 e. The Morgan fingerprint density at radius 2 is 1.87 bits per heavy atom. The Labute approximate surface area is 89.0 Å². The molecule has 1 unspecified atom stereocenters. The molecule has 0 radical (unpaired) electrons. The molecule has 15 heavy (non-hydrogen) atoms. The molecule has 5 heteroatoms. The van der Waals surface area contributed by atoms with Gasteiger partial charge in [-0.1, -0.05) is 13.8 Å². The molecule has 0 rings (SSSR count). The molecule has 0 aliphatic heterocycles.